The van der Waals surface area contributed by atoms with E-state index in [9.17, 15) is 4.39 Å². The van der Waals surface area contributed by atoms with Gasteiger partial charge in [-0.3, -0.25) is 0 Å². The second-order valence-corrected chi connectivity index (χ2v) is 3.73. The van der Waals surface area contributed by atoms with Crippen LogP contribution in [-0.2, 0) is 0 Å². The third-order valence-corrected chi connectivity index (χ3v) is 2.50. The summed E-state index contributed by atoms with van der Waals surface area (Å²) < 4.78 is 13.0. The van der Waals surface area contributed by atoms with E-state index >= 15 is 0 Å². The van der Waals surface area contributed by atoms with E-state index in [0.717, 1.165) is 17.7 Å². The summed E-state index contributed by atoms with van der Waals surface area (Å²) >= 11 is 0. The number of aryl methyl sites for hydroxylation is 2. The van der Waals surface area contributed by atoms with Crippen molar-refractivity contribution in [1.82, 2.24) is 5.32 Å². The first-order valence-electron chi connectivity index (χ1n) is 5.06. The number of benzene rings is 1. The molecule has 1 nitrogen and oxygen atoms in total. The zero-order valence-corrected chi connectivity index (χ0v) is 9.32. The van der Waals surface area contributed by atoms with E-state index in [1.165, 1.54) is 5.56 Å². The van der Waals surface area contributed by atoms with Crippen molar-refractivity contribution in [3.8, 4) is 0 Å². The molecule has 0 aliphatic heterocycles. The summed E-state index contributed by atoms with van der Waals surface area (Å²) in [5.74, 6) is -0.146. The molecule has 0 bridgehead atoms. The van der Waals surface area contributed by atoms with Crippen LogP contribution >= 0.6 is 0 Å². The Morgan fingerprint density at radius 2 is 1.79 bits per heavy atom. The Bertz CT molecular complexity index is 297. The van der Waals surface area contributed by atoms with Crippen LogP contribution in [0, 0.1) is 19.7 Å². The molecule has 0 aromatic heterocycles. The van der Waals surface area contributed by atoms with Gasteiger partial charge in [0, 0.05) is 6.04 Å². The van der Waals surface area contributed by atoms with Crippen LogP contribution in [0.5, 0.6) is 0 Å². The first-order valence-corrected chi connectivity index (χ1v) is 5.06. The minimum Gasteiger partial charge on any atom is -0.310 e. The number of nitrogens with one attached hydrogen (secondary N) is 1. The maximum Gasteiger partial charge on any atom is 0.123 e. The molecule has 0 radical (unpaired) electrons. The molecule has 1 aromatic carbocycles. The van der Waals surface area contributed by atoms with Crippen molar-refractivity contribution in [3.63, 3.8) is 0 Å². The van der Waals surface area contributed by atoms with Gasteiger partial charge in [-0.25, -0.2) is 4.39 Å². The molecule has 1 aromatic rings. The molecule has 0 saturated heterocycles. The van der Waals surface area contributed by atoms with Crippen LogP contribution in [0.15, 0.2) is 12.1 Å². The number of hydrogen-bond donors (Lipinski definition) is 1. The Morgan fingerprint density at radius 1 is 1.29 bits per heavy atom. The van der Waals surface area contributed by atoms with Gasteiger partial charge in [0.2, 0.25) is 0 Å². The minimum atomic E-state index is -0.146. The van der Waals surface area contributed by atoms with E-state index < -0.39 is 0 Å². The van der Waals surface area contributed by atoms with Gasteiger partial charge in [0.1, 0.15) is 5.82 Å². The third-order valence-electron chi connectivity index (χ3n) is 2.50. The minimum absolute atomic E-state index is 0.146. The van der Waals surface area contributed by atoms with Gasteiger partial charge in [-0.05, 0) is 56.1 Å². The fourth-order valence-electron chi connectivity index (χ4n) is 2.01. The van der Waals surface area contributed by atoms with Gasteiger partial charge in [0.15, 0.2) is 0 Å². The maximum absolute atomic E-state index is 13.0. The smallest absolute Gasteiger partial charge is 0.123 e. The predicted octanol–water partition coefficient (Wildman–Crippen LogP) is 3.11. The second kappa shape index (κ2) is 4.56. The predicted molar refractivity (Wildman–Crippen MR) is 58.0 cm³/mol. The van der Waals surface area contributed by atoms with Crippen molar-refractivity contribution in [2.45, 2.75) is 33.7 Å². The Balaban J connectivity index is 3.07. The lowest BCUT2D eigenvalue weighted by Gasteiger charge is -2.18. The summed E-state index contributed by atoms with van der Waals surface area (Å²) in [5, 5.41) is 3.34. The van der Waals surface area contributed by atoms with Crippen molar-refractivity contribution in [2.75, 3.05) is 6.54 Å². The number of halogens is 1. The zero-order valence-electron chi connectivity index (χ0n) is 9.32. The highest BCUT2D eigenvalue weighted by Gasteiger charge is 2.11. The van der Waals surface area contributed by atoms with Crippen molar-refractivity contribution >= 4 is 0 Å². The SMILES string of the molecule is CCNC(C)c1c(C)cc(F)cc1C. The third kappa shape index (κ3) is 2.32. The highest BCUT2D eigenvalue weighted by molar-refractivity contribution is 5.36. The molecule has 1 atom stereocenters. The molecule has 1 unspecified atom stereocenters. The van der Waals surface area contributed by atoms with Crippen LogP contribution in [0.2, 0.25) is 0 Å². The van der Waals surface area contributed by atoms with Gasteiger partial charge in [-0.15, -0.1) is 0 Å². The topological polar surface area (TPSA) is 12.0 Å². The van der Waals surface area contributed by atoms with Gasteiger partial charge in [0.25, 0.3) is 0 Å². The van der Waals surface area contributed by atoms with E-state index in [1.807, 2.05) is 13.8 Å². The molecule has 78 valence electrons. The normalized spacial score (nSPS) is 12.9. The van der Waals surface area contributed by atoms with Crippen LogP contribution in [-0.4, -0.2) is 6.54 Å². The molecule has 0 spiro atoms. The van der Waals surface area contributed by atoms with E-state index in [0.29, 0.717) is 6.04 Å². The first kappa shape index (κ1) is 11.2. The Morgan fingerprint density at radius 3 is 2.21 bits per heavy atom. The molecule has 0 amide bonds. The lowest BCUT2D eigenvalue weighted by atomic mass is 9.97. The number of rotatable bonds is 3. The number of hydrogen-bond acceptors (Lipinski definition) is 1. The molecule has 14 heavy (non-hydrogen) atoms. The molecular formula is C12H18FN. The van der Waals surface area contributed by atoms with E-state index in [4.69, 9.17) is 0 Å². The van der Waals surface area contributed by atoms with E-state index in [1.54, 1.807) is 12.1 Å². The highest BCUT2D eigenvalue weighted by Crippen LogP contribution is 2.22. The van der Waals surface area contributed by atoms with E-state index in [2.05, 4.69) is 19.2 Å². The van der Waals surface area contributed by atoms with Gasteiger partial charge in [-0.1, -0.05) is 6.92 Å². The Kier molecular flexibility index (Phi) is 3.64. The molecule has 0 saturated carbocycles. The van der Waals surface area contributed by atoms with Crippen molar-refractivity contribution in [3.05, 3.63) is 34.6 Å². The quantitative estimate of drug-likeness (QED) is 0.781. The van der Waals surface area contributed by atoms with Gasteiger partial charge >= 0.3 is 0 Å². The Labute approximate surface area is 85.3 Å². The van der Waals surface area contributed by atoms with Crippen LogP contribution < -0.4 is 5.32 Å². The summed E-state index contributed by atoms with van der Waals surface area (Å²) in [6.45, 7) is 9.03. The molecule has 1 rings (SSSR count). The van der Waals surface area contributed by atoms with Crippen molar-refractivity contribution in [1.29, 1.82) is 0 Å². The Hall–Kier alpha value is -0.890. The lowest BCUT2D eigenvalue weighted by Crippen LogP contribution is -2.19. The molecule has 0 aliphatic carbocycles. The molecule has 0 aliphatic rings. The van der Waals surface area contributed by atoms with Crippen LogP contribution in [0.25, 0.3) is 0 Å². The van der Waals surface area contributed by atoms with Gasteiger partial charge < -0.3 is 5.32 Å². The van der Waals surface area contributed by atoms with E-state index in [-0.39, 0.29) is 5.82 Å². The average molecular weight is 195 g/mol. The maximum atomic E-state index is 13.0. The summed E-state index contributed by atoms with van der Waals surface area (Å²) in [7, 11) is 0. The van der Waals surface area contributed by atoms with Crippen LogP contribution in [0.4, 0.5) is 4.39 Å². The second-order valence-electron chi connectivity index (χ2n) is 3.73. The van der Waals surface area contributed by atoms with Crippen molar-refractivity contribution in [2.24, 2.45) is 0 Å². The zero-order chi connectivity index (χ0) is 10.7. The molecule has 0 heterocycles. The fourth-order valence-corrected chi connectivity index (χ4v) is 2.01. The lowest BCUT2D eigenvalue weighted by molar-refractivity contribution is 0.584. The van der Waals surface area contributed by atoms with Crippen LogP contribution in [0.3, 0.4) is 0 Å². The monoisotopic (exact) mass is 195 g/mol. The summed E-state index contributed by atoms with van der Waals surface area (Å²) in [5.41, 5.74) is 3.26. The van der Waals surface area contributed by atoms with Crippen LogP contribution in [0.1, 0.15) is 36.6 Å². The molecule has 2 heteroatoms. The summed E-state index contributed by atoms with van der Waals surface area (Å²) in [4.78, 5) is 0. The summed E-state index contributed by atoms with van der Waals surface area (Å²) in [6, 6.07) is 3.48. The standard InChI is InChI=1S/C12H18FN/c1-5-14-10(4)12-8(2)6-11(13)7-9(12)3/h6-7,10,14H,5H2,1-4H3. The van der Waals surface area contributed by atoms with Gasteiger partial charge in [0.05, 0.1) is 0 Å². The molecule has 0 fully saturated rings. The largest absolute Gasteiger partial charge is 0.310 e. The van der Waals surface area contributed by atoms with Gasteiger partial charge in [-0.2, -0.15) is 0 Å². The summed E-state index contributed by atoms with van der Waals surface area (Å²) in [6.07, 6.45) is 0. The first-order chi connectivity index (χ1) is 6.56. The van der Waals surface area contributed by atoms with Crippen molar-refractivity contribution < 1.29 is 4.39 Å². The fraction of sp³-hybridized carbons (Fsp3) is 0.500. The molecular weight excluding hydrogens is 177 g/mol. The average Bonchev–Trinajstić information content (AvgIpc) is 2.01. The molecule has 1 N–H and O–H groups in total. The highest BCUT2D eigenvalue weighted by atomic mass is 19.1.